The Labute approximate surface area is 96.7 Å². The number of unbranched alkanes of at least 4 members (excludes halogenated alkanes) is 9. The van der Waals surface area contributed by atoms with Crippen molar-refractivity contribution in [1.29, 1.82) is 0 Å². The van der Waals surface area contributed by atoms with E-state index >= 15 is 0 Å². The van der Waals surface area contributed by atoms with E-state index in [0.29, 0.717) is 0 Å². The topological polar surface area (TPSA) is 0 Å². The van der Waals surface area contributed by atoms with Crippen molar-refractivity contribution in [2.75, 3.05) is 6.16 Å². The molecule has 0 nitrogen and oxygen atoms in total. The maximum atomic E-state index is 4.88. The van der Waals surface area contributed by atoms with Gasteiger partial charge in [0.1, 0.15) is 0 Å². The third kappa shape index (κ3) is 12.5. The van der Waals surface area contributed by atoms with E-state index in [0.717, 1.165) is 7.36 Å². The van der Waals surface area contributed by atoms with Gasteiger partial charge in [-0.2, -0.15) is 0 Å². The summed E-state index contributed by atoms with van der Waals surface area (Å²) in [6.07, 6.45) is 15.5. The largest absolute Gasteiger partial charge is 0.0654 e. The van der Waals surface area contributed by atoms with Crippen molar-refractivity contribution in [2.24, 2.45) is 0 Å². The highest BCUT2D eigenvalue weighted by molar-refractivity contribution is 7.96. The van der Waals surface area contributed by atoms with Crippen LogP contribution < -0.4 is 0 Å². The number of hydrogen-bond donors (Lipinski definition) is 0. The van der Waals surface area contributed by atoms with Crippen LogP contribution in [0.15, 0.2) is 0 Å². The van der Waals surface area contributed by atoms with Crippen molar-refractivity contribution in [3.63, 3.8) is 0 Å². The van der Waals surface area contributed by atoms with Crippen LogP contribution in [0.5, 0.6) is 0 Å². The van der Waals surface area contributed by atoms with E-state index < -0.39 is 0 Å². The number of hydrogen-bond acceptors (Lipinski definition) is 1. The molecule has 0 aliphatic rings. The van der Waals surface area contributed by atoms with E-state index in [2.05, 4.69) is 6.92 Å². The Morgan fingerprint density at radius 1 is 0.714 bits per heavy atom. The molecule has 0 spiro atoms. The zero-order valence-corrected chi connectivity index (χ0v) is 11.3. The minimum Gasteiger partial charge on any atom is -0.0654 e. The lowest BCUT2D eigenvalue weighted by Gasteiger charge is -2.00. The minimum absolute atomic E-state index is 1.16. The molecule has 0 bridgehead atoms. The highest BCUT2D eigenvalue weighted by Gasteiger charge is 1.91. The average Bonchev–Trinajstić information content (AvgIpc) is 2.21. The molecule has 0 aliphatic heterocycles. The third-order valence-electron chi connectivity index (χ3n) is 2.60. The second kappa shape index (κ2) is 13.5. The van der Waals surface area contributed by atoms with Crippen LogP contribution in [0.2, 0.25) is 0 Å². The molecule has 0 unspecified atom stereocenters. The monoisotopic (exact) mass is 232 g/mol. The first-order valence-corrected chi connectivity index (χ1v) is 8.30. The molecule has 84 valence electrons. The molecule has 0 heterocycles. The van der Waals surface area contributed by atoms with E-state index in [-0.39, 0.29) is 0 Å². The van der Waals surface area contributed by atoms with Gasteiger partial charge in [-0.15, -0.1) is 0 Å². The van der Waals surface area contributed by atoms with Crippen molar-refractivity contribution < 1.29 is 0 Å². The van der Waals surface area contributed by atoms with Crippen LogP contribution in [0.4, 0.5) is 0 Å². The van der Waals surface area contributed by atoms with Crippen LogP contribution in [0.3, 0.4) is 0 Å². The molecule has 0 saturated heterocycles. The Morgan fingerprint density at radius 2 is 1.14 bits per heavy atom. The first kappa shape index (κ1) is 14.5. The highest BCUT2D eigenvalue weighted by atomic mass is 32.4. The average molecular weight is 232 g/mol. The van der Waals surface area contributed by atoms with E-state index in [1.165, 1.54) is 70.4 Å². The molecule has 0 radical (unpaired) electrons. The normalized spacial score (nSPS) is 10.9. The molecule has 0 N–H and O–H groups in total. The van der Waals surface area contributed by atoms with Gasteiger partial charge in [-0.3, -0.25) is 0 Å². The first-order valence-electron chi connectivity index (χ1n) is 6.21. The van der Waals surface area contributed by atoms with Crippen molar-refractivity contribution >= 4 is 19.2 Å². The Kier molecular flexibility index (Phi) is 14.0. The summed E-state index contributed by atoms with van der Waals surface area (Å²) in [5.74, 6) is 0. The summed E-state index contributed by atoms with van der Waals surface area (Å²) in [5.41, 5.74) is 0. The van der Waals surface area contributed by atoms with Crippen LogP contribution in [0.1, 0.15) is 71.1 Å². The molecule has 2 heteroatoms. The maximum Gasteiger partial charge on any atom is -0.000157 e. The summed E-state index contributed by atoms with van der Waals surface area (Å²) in [6.45, 7) is 2.28. The molecule has 0 aromatic heterocycles. The van der Waals surface area contributed by atoms with Gasteiger partial charge in [-0.25, -0.2) is 0 Å². The molecular formula is C12H25PS. The standard InChI is InChI=1S/C12H25PS/c1-2-3-4-5-6-7-8-9-10-11-12-13-14/h2-12H2,1H3. The zero-order chi connectivity index (χ0) is 10.5. The summed E-state index contributed by atoms with van der Waals surface area (Å²) >= 11 is 4.88. The molecule has 0 saturated carbocycles. The van der Waals surface area contributed by atoms with Crippen LogP contribution >= 0.6 is 7.36 Å². The quantitative estimate of drug-likeness (QED) is 0.343. The lowest BCUT2D eigenvalue weighted by atomic mass is 10.1. The van der Waals surface area contributed by atoms with E-state index in [4.69, 9.17) is 11.8 Å². The summed E-state index contributed by atoms with van der Waals surface area (Å²) < 4.78 is 0. The van der Waals surface area contributed by atoms with Gasteiger partial charge in [0.15, 0.2) is 0 Å². The first-order chi connectivity index (χ1) is 6.91. The lowest BCUT2D eigenvalue weighted by molar-refractivity contribution is 0.563. The predicted octanol–water partition coefficient (Wildman–Crippen LogP) is 5.32. The van der Waals surface area contributed by atoms with Crippen molar-refractivity contribution in [3.05, 3.63) is 0 Å². The fourth-order valence-corrected chi connectivity index (χ4v) is 2.40. The Balaban J connectivity index is 2.81. The van der Waals surface area contributed by atoms with Gasteiger partial charge in [0, 0.05) is 0 Å². The summed E-state index contributed by atoms with van der Waals surface area (Å²) in [4.78, 5) is 0. The lowest BCUT2D eigenvalue weighted by Crippen LogP contribution is -1.82. The van der Waals surface area contributed by atoms with Crippen molar-refractivity contribution in [3.8, 4) is 0 Å². The van der Waals surface area contributed by atoms with Crippen LogP contribution in [0, 0.1) is 0 Å². The van der Waals surface area contributed by atoms with Gasteiger partial charge < -0.3 is 0 Å². The SMILES string of the molecule is CCCCCCCCCCCCP=S. The van der Waals surface area contributed by atoms with E-state index in [9.17, 15) is 0 Å². The summed E-state index contributed by atoms with van der Waals surface area (Å²) in [6, 6.07) is 0. The molecule has 0 rings (SSSR count). The molecule has 0 aliphatic carbocycles. The van der Waals surface area contributed by atoms with Crippen LogP contribution in [-0.2, 0) is 11.8 Å². The maximum absolute atomic E-state index is 4.88. The van der Waals surface area contributed by atoms with Crippen LogP contribution in [-0.4, -0.2) is 6.16 Å². The van der Waals surface area contributed by atoms with E-state index in [1.54, 1.807) is 0 Å². The van der Waals surface area contributed by atoms with Crippen molar-refractivity contribution in [2.45, 2.75) is 71.1 Å². The van der Waals surface area contributed by atoms with Gasteiger partial charge in [0.05, 0.1) is 0 Å². The van der Waals surface area contributed by atoms with Gasteiger partial charge in [-0.05, 0) is 19.9 Å². The second-order valence-corrected chi connectivity index (χ2v) is 5.51. The summed E-state index contributed by atoms with van der Waals surface area (Å²) in [5, 5.41) is 0. The fraction of sp³-hybridized carbons (Fsp3) is 1.00. The molecule has 0 aromatic rings. The molecule has 0 fully saturated rings. The molecule has 0 amide bonds. The number of rotatable bonds is 11. The van der Waals surface area contributed by atoms with Gasteiger partial charge in [-0.1, -0.05) is 76.5 Å². The highest BCUT2D eigenvalue weighted by Crippen LogP contribution is 2.11. The van der Waals surface area contributed by atoms with E-state index in [1.807, 2.05) is 0 Å². The van der Waals surface area contributed by atoms with Gasteiger partial charge in [0.2, 0.25) is 0 Å². The molecular weight excluding hydrogens is 207 g/mol. The molecule has 0 atom stereocenters. The van der Waals surface area contributed by atoms with Crippen molar-refractivity contribution in [1.82, 2.24) is 0 Å². The second-order valence-electron chi connectivity index (χ2n) is 4.03. The van der Waals surface area contributed by atoms with Gasteiger partial charge in [0.25, 0.3) is 0 Å². The Hall–Kier alpha value is 0.520. The predicted molar refractivity (Wildman–Crippen MR) is 71.0 cm³/mol. The van der Waals surface area contributed by atoms with Crippen LogP contribution in [0.25, 0.3) is 0 Å². The zero-order valence-electron chi connectivity index (χ0n) is 9.63. The summed E-state index contributed by atoms with van der Waals surface area (Å²) in [7, 11) is 1.16. The Bertz CT molecular complexity index is 115. The molecule has 14 heavy (non-hydrogen) atoms. The minimum atomic E-state index is 1.16. The third-order valence-corrected chi connectivity index (χ3v) is 3.65. The Morgan fingerprint density at radius 3 is 1.57 bits per heavy atom. The fourth-order valence-electron chi connectivity index (χ4n) is 1.66. The smallest absolute Gasteiger partial charge is 0.000157 e. The van der Waals surface area contributed by atoms with Gasteiger partial charge >= 0.3 is 0 Å². The molecule has 0 aromatic carbocycles.